The Morgan fingerprint density at radius 3 is 2.41 bits per heavy atom. The van der Waals surface area contributed by atoms with E-state index in [-0.39, 0.29) is 5.54 Å². The second-order valence-corrected chi connectivity index (χ2v) is 5.88. The molecule has 0 amide bonds. The molecule has 0 saturated heterocycles. The number of anilines is 1. The van der Waals surface area contributed by atoms with Crippen molar-refractivity contribution in [3.63, 3.8) is 0 Å². The van der Waals surface area contributed by atoms with Crippen LogP contribution in [0.15, 0.2) is 41.4 Å². The number of hydrogen-bond donors (Lipinski definition) is 1. The van der Waals surface area contributed by atoms with E-state index >= 15 is 0 Å². The van der Waals surface area contributed by atoms with E-state index in [1.165, 1.54) is 37.8 Å². The zero-order chi connectivity index (χ0) is 12.1. The molecule has 0 aliphatic heterocycles. The molecule has 2 rings (SSSR count). The smallest absolute Gasteiger partial charge is 0.0408 e. The minimum atomic E-state index is 0.244. The number of benzene rings is 1. The van der Waals surface area contributed by atoms with Crippen LogP contribution in [0.4, 0.5) is 5.69 Å². The molecule has 1 nitrogen and oxygen atoms in total. The summed E-state index contributed by atoms with van der Waals surface area (Å²) in [5.41, 5.74) is 1.46. The van der Waals surface area contributed by atoms with E-state index in [0.717, 1.165) is 10.9 Å². The topological polar surface area (TPSA) is 12.0 Å². The third-order valence-electron chi connectivity index (χ3n) is 3.60. The van der Waals surface area contributed by atoms with E-state index in [2.05, 4.69) is 58.2 Å². The Bertz CT molecular complexity index is 363. The maximum atomic E-state index is 3.91. The van der Waals surface area contributed by atoms with Gasteiger partial charge in [-0.1, -0.05) is 41.3 Å². The molecule has 92 valence electrons. The van der Waals surface area contributed by atoms with Gasteiger partial charge < -0.3 is 5.32 Å². The lowest BCUT2D eigenvalue weighted by Gasteiger charge is -2.38. The largest absolute Gasteiger partial charge is 0.379 e. The number of nitrogens with one attached hydrogen (secondary N) is 1. The van der Waals surface area contributed by atoms with Crippen molar-refractivity contribution in [1.82, 2.24) is 0 Å². The van der Waals surface area contributed by atoms with E-state index in [1.807, 2.05) is 0 Å². The van der Waals surface area contributed by atoms with Crippen molar-refractivity contribution in [2.24, 2.45) is 0 Å². The molecule has 0 spiro atoms. The number of hydrogen-bond acceptors (Lipinski definition) is 1. The van der Waals surface area contributed by atoms with Crippen molar-refractivity contribution in [1.29, 1.82) is 0 Å². The third kappa shape index (κ3) is 3.35. The highest BCUT2D eigenvalue weighted by atomic mass is 79.9. The summed E-state index contributed by atoms with van der Waals surface area (Å²) < 4.78 is 1.13. The summed E-state index contributed by atoms with van der Waals surface area (Å²) in [7, 11) is 0. The molecule has 1 aliphatic rings. The van der Waals surface area contributed by atoms with Crippen LogP contribution in [0.2, 0.25) is 0 Å². The van der Waals surface area contributed by atoms with Gasteiger partial charge in [-0.3, -0.25) is 0 Å². The summed E-state index contributed by atoms with van der Waals surface area (Å²) in [6.07, 6.45) is 9.67. The Hall–Kier alpha value is -0.760. The van der Waals surface area contributed by atoms with Gasteiger partial charge in [0.1, 0.15) is 0 Å². The number of rotatable bonds is 4. The molecule has 0 heterocycles. The highest BCUT2D eigenvalue weighted by Crippen LogP contribution is 2.34. The van der Waals surface area contributed by atoms with Crippen LogP contribution >= 0.6 is 15.9 Å². The molecule has 1 N–H and O–H groups in total. The summed E-state index contributed by atoms with van der Waals surface area (Å²) in [6.45, 7) is 3.91. The Kier molecular flexibility index (Phi) is 4.27. The Labute approximate surface area is 112 Å². The van der Waals surface area contributed by atoms with Gasteiger partial charge in [-0.05, 0) is 43.5 Å². The van der Waals surface area contributed by atoms with Crippen molar-refractivity contribution in [2.45, 2.75) is 44.1 Å². The average molecular weight is 294 g/mol. The minimum absolute atomic E-state index is 0.244. The fraction of sp³-hybridized carbons (Fsp3) is 0.467. The second kappa shape index (κ2) is 5.72. The molecule has 0 atom stereocenters. The first-order valence-electron chi connectivity index (χ1n) is 6.39. The van der Waals surface area contributed by atoms with Crippen molar-refractivity contribution >= 4 is 21.6 Å². The Morgan fingerprint density at radius 2 is 1.82 bits per heavy atom. The quantitative estimate of drug-likeness (QED) is 0.758. The molecule has 1 fully saturated rings. The van der Waals surface area contributed by atoms with Crippen LogP contribution in [0.25, 0.3) is 0 Å². The van der Waals surface area contributed by atoms with Crippen molar-refractivity contribution < 1.29 is 0 Å². The first-order valence-corrected chi connectivity index (χ1v) is 7.18. The molecular formula is C15H20BrN. The van der Waals surface area contributed by atoms with Crippen molar-refractivity contribution in [3.8, 4) is 0 Å². The summed E-state index contributed by atoms with van der Waals surface area (Å²) in [5, 5.41) is 3.73. The highest BCUT2D eigenvalue weighted by Gasteiger charge is 2.30. The van der Waals surface area contributed by atoms with E-state index < -0.39 is 0 Å². The Balaban J connectivity index is 2.11. The highest BCUT2D eigenvalue weighted by molar-refractivity contribution is 9.10. The monoisotopic (exact) mass is 293 g/mol. The SMILES string of the molecule is C=CCC1(Nc2ccc(Br)cc2)CCCCC1. The maximum absolute atomic E-state index is 3.91. The predicted octanol–water partition coefficient (Wildman–Crippen LogP) is 5.14. The molecular weight excluding hydrogens is 274 g/mol. The van der Waals surface area contributed by atoms with Crippen LogP contribution in [0, 0.1) is 0 Å². The van der Waals surface area contributed by atoms with E-state index in [1.54, 1.807) is 0 Å². The normalized spacial score (nSPS) is 18.6. The molecule has 0 aromatic heterocycles. The summed E-state index contributed by atoms with van der Waals surface area (Å²) >= 11 is 3.47. The molecule has 1 aromatic rings. The van der Waals surface area contributed by atoms with Crippen LogP contribution in [-0.4, -0.2) is 5.54 Å². The van der Waals surface area contributed by atoms with Crippen LogP contribution in [0.5, 0.6) is 0 Å². The third-order valence-corrected chi connectivity index (χ3v) is 4.13. The van der Waals surface area contributed by atoms with Gasteiger partial charge in [-0.2, -0.15) is 0 Å². The summed E-state index contributed by atoms with van der Waals surface area (Å²) in [4.78, 5) is 0. The zero-order valence-electron chi connectivity index (χ0n) is 10.2. The molecule has 0 bridgehead atoms. The molecule has 2 heteroatoms. The van der Waals surface area contributed by atoms with Gasteiger partial charge in [0.25, 0.3) is 0 Å². The van der Waals surface area contributed by atoms with E-state index in [0.29, 0.717) is 0 Å². The van der Waals surface area contributed by atoms with Gasteiger partial charge in [0, 0.05) is 15.7 Å². The zero-order valence-corrected chi connectivity index (χ0v) is 11.8. The fourth-order valence-corrected chi connectivity index (χ4v) is 2.99. The lowest BCUT2D eigenvalue weighted by atomic mass is 9.79. The lowest BCUT2D eigenvalue weighted by Crippen LogP contribution is -2.39. The molecule has 1 aliphatic carbocycles. The van der Waals surface area contributed by atoms with Crippen LogP contribution in [-0.2, 0) is 0 Å². The summed E-state index contributed by atoms with van der Waals surface area (Å²) in [5.74, 6) is 0. The molecule has 1 aromatic carbocycles. The molecule has 17 heavy (non-hydrogen) atoms. The van der Waals surface area contributed by atoms with E-state index in [4.69, 9.17) is 0 Å². The second-order valence-electron chi connectivity index (χ2n) is 4.97. The van der Waals surface area contributed by atoms with Gasteiger partial charge in [0.15, 0.2) is 0 Å². The van der Waals surface area contributed by atoms with Crippen LogP contribution < -0.4 is 5.32 Å². The van der Waals surface area contributed by atoms with Gasteiger partial charge >= 0.3 is 0 Å². The van der Waals surface area contributed by atoms with Crippen molar-refractivity contribution in [2.75, 3.05) is 5.32 Å². The van der Waals surface area contributed by atoms with Crippen LogP contribution in [0.1, 0.15) is 38.5 Å². The van der Waals surface area contributed by atoms with Crippen LogP contribution in [0.3, 0.4) is 0 Å². The fourth-order valence-electron chi connectivity index (χ4n) is 2.72. The Morgan fingerprint density at radius 1 is 1.18 bits per heavy atom. The first kappa shape index (κ1) is 12.7. The molecule has 1 saturated carbocycles. The standard InChI is InChI=1S/C15H20BrN/c1-2-10-15(11-4-3-5-12-15)17-14-8-6-13(16)7-9-14/h2,6-9,17H,1,3-5,10-12H2. The van der Waals surface area contributed by atoms with Crippen molar-refractivity contribution in [3.05, 3.63) is 41.4 Å². The number of halogens is 1. The first-order chi connectivity index (χ1) is 8.24. The maximum Gasteiger partial charge on any atom is 0.0408 e. The van der Waals surface area contributed by atoms with E-state index in [9.17, 15) is 0 Å². The lowest BCUT2D eigenvalue weighted by molar-refractivity contribution is 0.326. The van der Waals surface area contributed by atoms with Gasteiger partial charge in [0.2, 0.25) is 0 Å². The summed E-state index contributed by atoms with van der Waals surface area (Å²) in [6, 6.07) is 8.46. The molecule has 0 radical (unpaired) electrons. The van der Waals surface area contributed by atoms with Gasteiger partial charge in [-0.15, -0.1) is 6.58 Å². The van der Waals surface area contributed by atoms with Gasteiger partial charge in [-0.25, -0.2) is 0 Å². The minimum Gasteiger partial charge on any atom is -0.379 e. The molecule has 0 unspecified atom stereocenters. The van der Waals surface area contributed by atoms with Gasteiger partial charge in [0.05, 0.1) is 0 Å². The predicted molar refractivity (Wildman–Crippen MR) is 78.4 cm³/mol. The average Bonchev–Trinajstić information content (AvgIpc) is 2.34.